The number of amides is 1. The first-order chi connectivity index (χ1) is 7.04. The third kappa shape index (κ3) is 3.35. The number of rotatable bonds is 4. The van der Waals surface area contributed by atoms with Crippen molar-refractivity contribution in [1.82, 2.24) is 9.88 Å². The summed E-state index contributed by atoms with van der Waals surface area (Å²) in [5, 5.41) is 5.86. The second-order valence-corrected chi connectivity index (χ2v) is 4.44. The molecule has 0 radical (unpaired) electrons. The Bertz CT molecular complexity index is 342. The monoisotopic (exact) mass is 247 g/mol. The third-order valence-electron chi connectivity index (χ3n) is 2.04. The number of halogens is 1. The Kier molecular flexibility index (Phi) is 4.35. The van der Waals surface area contributed by atoms with Gasteiger partial charge < -0.3 is 10.2 Å². The minimum absolute atomic E-state index is 0.0452. The Morgan fingerprint density at radius 3 is 2.93 bits per heavy atom. The molecule has 0 aromatic carbocycles. The molecule has 1 rings (SSSR count). The van der Waals surface area contributed by atoms with Crippen molar-refractivity contribution in [3.05, 3.63) is 10.5 Å². The minimum Gasteiger partial charge on any atom is -0.350 e. The van der Waals surface area contributed by atoms with E-state index in [0.29, 0.717) is 16.8 Å². The van der Waals surface area contributed by atoms with Gasteiger partial charge in [-0.25, -0.2) is 4.98 Å². The molecule has 0 saturated heterocycles. The van der Waals surface area contributed by atoms with Gasteiger partial charge in [0.1, 0.15) is 11.2 Å². The Labute approximate surface area is 98.3 Å². The number of aromatic nitrogens is 1. The maximum absolute atomic E-state index is 11.7. The van der Waals surface area contributed by atoms with Crippen LogP contribution in [0.15, 0.2) is 5.38 Å². The molecule has 1 unspecified atom stereocenters. The lowest BCUT2D eigenvalue weighted by atomic mass is 10.3. The van der Waals surface area contributed by atoms with Crippen LogP contribution in [-0.2, 0) is 4.79 Å². The van der Waals surface area contributed by atoms with E-state index in [1.54, 1.807) is 17.3 Å². The summed E-state index contributed by atoms with van der Waals surface area (Å²) >= 11 is 7.07. The van der Waals surface area contributed by atoms with E-state index >= 15 is 0 Å². The second kappa shape index (κ2) is 5.32. The maximum atomic E-state index is 11.7. The van der Waals surface area contributed by atoms with Gasteiger partial charge in [0.25, 0.3) is 0 Å². The molecular formula is C9H14ClN3OS. The van der Waals surface area contributed by atoms with Gasteiger partial charge in [-0.15, -0.1) is 11.3 Å². The average Bonchev–Trinajstić information content (AvgIpc) is 2.61. The van der Waals surface area contributed by atoms with E-state index in [9.17, 15) is 4.79 Å². The fourth-order valence-electron chi connectivity index (χ4n) is 1.05. The highest BCUT2D eigenvalue weighted by Crippen LogP contribution is 2.19. The Morgan fingerprint density at radius 2 is 2.47 bits per heavy atom. The van der Waals surface area contributed by atoms with E-state index in [4.69, 9.17) is 11.6 Å². The third-order valence-corrected chi connectivity index (χ3v) is 3.13. The number of carbonyl (C=O) groups excluding carboxylic acids is 1. The summed E-state index contributed by atoms with van der Waals surface area (Å²) in [5.74, 6) is 0.0452. The number of carbonyl (C=O) groups is 1. The van der Waals surface area contributed by atoms with Crippen molar-refractivity contribution < 1.29 is 4.79 Å². The first kappa shape index (κ1) is 12.3. The smallest absolute Gasteiger partial charge is 0.244 e. The number of hydrogen-bond acceptors (Lipinski definition) is 4. The lowest BCUT2D eigenvalue weighted by Gasteiger charge is -2.20. The van der Waals surface area contributed by atoms with Crippen molar-refractivity contribution in [3.8, 4) is 0 Å². The molecule has 1 N–H and O–H groups in total. The molecule has 1 amide bonds. The van der Waals surface area contributed by atoms with E-state index in [0.717, 1.165) is 0 Å². The maximum Gasteiger partial charge on any atom is 0.244 e. The van der Waals surface area contributed by atoms with Gasteiger partial charge in [0.15, 0.2) is 5.13 Å². The number of likely N-dealkylation sites (N-methyl/N-ethyl adjacent to an activating group) is 1. The van der Waals surface area contributed by atoms with Crippen molar-refractivity contribution >= 4 is 34.0 Å². The van der Waals surface area contributed by atoms with Crippen molar-refractivity contribution in [2.45, 2.75) is 19.9 Å². The van der Waals surface area contributed by atoms with Gasteiger partial charge in [-0.05, 0) is 13.8 Å². The summed E-state index contributed by atoms with van der Waals surface area (Å²) in [6, 6.07) is -0.280. The van der Waals surface area contributed by atoms with E-state index in [1.165, 1.54) is 11.3 Å². The molecule has 84 valence electrons. The molecule has 0 bridgehead atoms. The molecule has 0 aliphatic rings. The highest BCUT2D eigenvalue weighted by atomic mass is 35.5. The molecule has 1 heterocycles. The average molecular weight is 248 g/mol. The highest BCUT2D eigenvalue weighted by Gasteiger charge is 2.16. The summed E-state index contributed by atoms with van der Waals surface area (Å²) in [4.78, 5) is 17.4. The van der Waals surface area contributed by atoms with E-state index < -0.39 is 0 Å². The van der Waals surface area contributed by atoms with Crippen molar-refractivity contribution in [2.24, 2.45) is 0 Å². The van der Waals surface area contributed by atoms with Gasteiger partial charge in [-0.2, -0.15) is 0 Å². The molecule has 1 atom stereocenters. The summed E-state index contributed by atoms with van der Waals surface area (Å²) in [6.07, 6.45) is 0. The number of nitrogens with one attached hydrogen (secondary N) is 1. The molecule has 15 heavy (non-hydrogen) atoms. The number of nitrogens with zero attached hydrogens (tertiary/aromatic N) is 2. The standard InChI is InChI=1S/C9H14ClN3OS/c1-4-13(3)8(14)6(2)11-9-12-7(10)5-15-9/h5-6H,4H2,1-3H3,(H,11,12). The molecule has 4 nitrogen and oxygen atoms in total. The SMILES string of the molecule is CCN(C)C(=O)C(C)Nc1nc(Cl)cs1. The van der Waals surface area contributed by atoms with Crippen LogP contribution in [0.3, 0.4) is 0 Å². The molecule has 0 spiro atoms. The van der Waals surface area contributed by atoms with Gasteiger partial charge in [-0.3, -0.25) is 4.79 Å². The Hall–Kier alpha value is -0.810. The Morgan fingerprint density at radius 1 is 1.80 bits per heavy atom. The quantitative estimate of drug-likeness (QED) is 0.886. The molecule has 0 saturated carbocycles. The first-order valence-electron chi connectivity index (χ1n) is 4.67. The zero-order valence-corrected chi connectivity index (χ0v) is 10.5. The fraction of sp³-hybridized carbons (Fsp3) is 0.556. The van der Waals surface area contributed by atoms with Crippen molar-refractivity contribution in [2.75, 3.05) is 18.9 Å². The molecule has 6 heteroatoms. The van der Waals surface area contributed by atoms with Crippen LogP contribution in [0.4, 0.5) is 5.13 Å². The molecular weight excluding hydrogens is 234 g/mol. The topological polar surface area (TPSA) is 45.2 Å². The van der Waals surface area contributed by atoms with E-state index in [1.807, 2.05) is 13.8 Å². The molecule has 1 aromatic rings. The van der Waals surface area contributed by atoms with Crippen LogP contribution in [0.1, 0.15) is 13.8 Å². The molecule has 1 aromatic heterocycles. The summed E-state index contributed by atoms with van der Waals surface area (Å²) in [5.41, 5.74) is 0. The molecule has 0 aliphatic heterocycles. The van der Waals surface area contributed by atoms with Gasteiger partial charge in [0.2, 0.25) is 5.91 Å². The number of anilines is 1. The normalized spacial score (nSPS) is 12.3. The summed E-state index contributed by atoms with van der Waals surface area (Å²) < 4.78 is 0. The number of thiazole rings is 1. The van der Waals surface area contributed by atoms with Crippen LogP contribution in [0, 0.1) is 0 Å². The van der Waals surface area contributed by atoms with Gasteiger partial charge in [0.05, 0.1) is 0 Å². The zero-order chi connectivity index (χ0) is 11.4. The largest absolute Gasteiger partial charge is 0.350 e. The predicted octanol–water partition coefficient (Wildman–Crippen LogP) is 2.08. The van der Waals surface area contributed by atoms with Crippen molar-refractivity contribution in [1.29, 1.82) is 0 Å². The van der Waals surface area contributed by atoms with Crippen LogP contribution in [0.25, 0.3) is 0 Å². The van der Waals surface area contributed by atoms with Crippen LogP contribution in [-0.4, -0.2) is 35.4 Å². The molecule has 0 fully saturated rings. The van der Waals surface area contributed by atoms with Crippen LogP contribution in [0.2, 0.25) is 5.15 Å². The summed E-state index contributed by atoms with van der Waals surface area (Å²) in [6.45, 7) is 4.44. The van der Waals surface area contributed by atoms with Gasteiger partial charge >= 0.3 is 0 Å². The van der Waals surface area contributed by atoms with E-state index in [-0.39, 0.29) is 11.9 Å². The number of hydrogen-bond donors (Lipinski definition) is 1. The molecule has 0 aliphatic carbocycles. The lowest BCUT2D eigenvalue weighted by molar-refractivity contribution is -0.130. The predicted molar refractivity (Wildman–Crippen MR) is 63.5 cm³/mol. The second-order valence-electron chi connectivity index (χ2n) is 3.19. The summed E-state index contributed by atoms with van der Waals surface area (Å²) in [7, 11) is 1.77. The van der Waals surface area contributed by atoms with Crippen LogP contribution >= 0.6 is 22.9 Å². The van der Waals surface area contributed by atoms with Crippen LogP contribution in [0.5, 0.6) is 0 Å². The van der Waals surface area contributed by atoms with Crippen molar-refractivity contribution in [3.63, 3.8) is 0 Å². The van der Waals surface area contributed by atoms with E-state index in [2.05, 4.69) is 10.3 Å². The van der Waals surface area contributed by atoms with Crippen LogP contribution < -0.4 is 5.32 Å². The highest BCUT2D eigenvalue weighted by molar-refractivity contribution is 7.14. The lowest BCUT2D eigenvalue weighted by Crippen LogP contribution is -2.38. The zero-order valence-electron chi connectivity index (χ0n) is 8.95. The Balaban J connectivity index is 2.55. The van der Waals surface area contributed by atoms with Gasteiger partial charge in [-0.1, -0.05) is 11.6 Å². The van der Waals surface area contributed by atoms with Gasteiger partial charge in [0, 0.05) is 19.0 Å². The first-order valence-corrected chi connectivity index (χ1v) is 5.93. The minimum atomic E-state index is -0.280. The fourth-order valence-corrected chi connectivity index (χ4v) is 1.98.